The first-order valence-electron chi connectivity index (χ1n) is 4.58. The lowest BCUT2D eigenvalue weighted by Gasteiger charge is -2.16. The fourth-order valence-corrected chi connectivity index (χ4v) is 0.988. The summed E-state index contributed by atoms with van der Waals surface area (Å²) in [5.41, 5.74) is 1.18. The third kappa shape index (κ3) is 4.58. The molecule has 0 radical (unpaired) electrons. The highest BCUT2D eigenvalue weighted by atomic mass is 19.4. The standard InChI is InChI=1S/C9H7F5N2O3/c10-8(11,7(17)16-15)18-5-1-3-6(4-2-5)19-9(12,13)14/h1-4H,15H2,(H,16,17). The van der Waals surface area contributed by atoms with E-state index in [2.05, 4.69) is 15.3 Å². The number of nitrogens with one attached hydrogen (secondary N) is 1. The van der Waals surface area contributed by atoms with E-state index in [4.69, 9.17) is 0 Å². The number of carbonyl (C=O) groups is 1. The minimum Gasteiger partial charge on any atom is -0.425 e. The summed E-state index contributed by atoms with van der Waals surface area (Å²) in [5.74, 6) is 1.44. The zero-order valence-electron chi connectivity index (χ0n) is 9.00. The van der Waals surface area contributed by atoms with Gasteiger partial charge in [-0.05, 0) is 24.3 Å². The molecule has 0 saturated carbocycles. The van der Waals surface area contributed by atoms with Gasteiger partial charge >= 0.3 is 18.4 Å². The summed E-state index contributed by atoms with van der Waals surface area (Å²) in [6.45, 7) is 0. The molecule has 0 saturated heterocycles. The molecule has 1 amide bonds. The molecular formula is C9H7F5N2O3. The van der Waals surface area contributed by atoms with E-state index in [1.807, 2.05) is 0 Å². The van der Waals surface area contributed by atoms with E-state index in [0.717, 1.165) is 24.3 Å². The van der Waals surface area contributed by atoms with Gasteiger partial charge in [-0.25, -0.2) is 5.84 Å². The van der Waals surface area contributed by atoms with Crippen molar-refractivity contribution in [3.63, 3.8) is 0 Å². The topological polar surface area (TPSA) is 73.6 Å². The van der Waals surface area contributed by atoms with Crippen molar-refractivity contribution in [1.29, 1.82) is 0 Å². The van der Waals surface area contributed by atoms with E-state index in [1.54, 1.807) is 0 Å². The predicted molar refractivity (Wildman–Crippen MR) is 51.0 cm³/mol. The van der Waals surface area contributed by atoms with Crippen molar-refractivity contribution in [2.24, 2.45) is 5.84 Å². The van der Waals surface area contributed by atoms with E-state index in [9.17, 15) is 26.7 Å². The Morgan fingerprint density at radius 3 is 1.79 bits per heavy atom. The summed E-state index contributed by atoms with van der Waals surface area (Å²) in [6, 6.07) is 3.05. The van der Waals surface area contributed by atoms with Crippen LogP contribution < -0.4 is 20.7 Å². The largest absolute Gasteiger partial charge is 0.573 e. The molecule has 0 aromatic heterocycles. The van der Waals surface area contributed by atoms with Crippen molar-refractivity contribution in [3.05, 3.63) is 24.3 Å². The number of hydrogen-bond acceptors (Lipinski definition) is 4. The number of ether oxygens (including phenoxy) is 2. The van der Waals surface area contributed by atoms with E-state index >= 15 is 0 Å². The van der Waals surface area contributed by atoms with Crippen LogP contribution in [0.5, 0.6) is 11.5 Å². The molecule has 0 unspecified atom stereocenters. The van der Waals surface area contributed by atoms with Crippen molar-refractivity contribution in [3.8, 4) is 11.5 Å². The third-order valence-corrected chi connectivity index (χ3v) is 1.70. The summed E-state index contributed by atoms with van der Waals surface area (Å²) in [6.07, 6.45) is -9.15. The highest BCUT2D eigenvalue weighted by molar-refractivity contribution is 5.81. The van der Waals surface area contributed by atoms with Gasteiger partial charge in [0.1, 0.15) is 11.5 Å². The number of hydrogen-bond donors (Lipinski definition) is 2. The second-order valence-electron chi connectivity index (χ2n) is 3.11. The average Bonchev–Trinajstić information content (AvgIpc) is 2.28. The summed E-state index contributed by atoms with van der Waals surface area (Å²) >= 11 is 0. The van der Waals surface area contributed by atoms with Gasteiger partial charge in [-0.2, -0.15) is 8.78 Å². The summed E-state index contributed by atoms with van der Waals surface area (Å²) < 4.78 is 68.9. The Morgan fingerprint density at radius 1 is 1.00 bits per heavy atom. The van der Waals surface area contributed by atoms with Crippen molar-refractivity contribution in [2.75, 3.05) is 0 Å². The molecule has 0 spiro atoms. The van der Waals surface area contributed by atoms with Crippen LogP contribution in [-0.4, -0.2) is 18.4 Å². The van der Waals surface area contributed by atoms with Crippen LogP contribution in [0, 0.1) is 0 Å². The SMILES string of the molecule is NNC(=O)C(F)(F)Oc1ccc(OC(F)(F)F)cc1. The lowest BCUT2D eigenvalue weighted by molar-refractivity contribution is -0.274. The van der Waals surface area contributed by atoms with Gasteiger partial charge in [-0.1, -0.05) is 0 Å². The summed E-state index contributed by atoms with van der Waals surface area (Å²) in [4.78, 5) is 10.6. The van der Waals surface area contributed by atoms with Gasteiger partial charge < -0.3 is 9.47 Å². The van der Waals surface area contributed by atoms with Gasteiger partial charge in [0.05, 0.1) is 0 Å². The van der Waals surface area contributed by atoms with Gasteiger partial charge in [-0.15, -0.1) is 13.2 Å². The average molecular weight is 286 g/mol. The number of halogens is 5. The molecule has 1 rings (SSSR count). The monoisotopic (exact) mass is 286 g/mol. The number of alkyl halides is 5. The molecule has 0 aliphatic rings. The molecule has 1 aromatic rings. The molecule has 0 bridgehead atoms. The van der Waals surface area contributed by atoms with Crippen LogP contribution in [0.2, 0.25) is 0 Å². The highest BCUT2D eigenvalue weighted by Gasteiger charge is 2.41. The van der Waals surface area contributed by atoms with Crippen molar-refractivity contribution in [2.45, 2.75) is 12.5 Å². The van der Waals surface area contributed by atoms with Crippen LogP contribution >= 0.6 is 0 Å². The molecule has 10 heteroatoms. The summed E-state index contributed by atoms with van der Waals surface area (Å²) in [7, 11) is 0. The minimum atomic E-state index is -4.90. The molecule has 0 atom stereocenters. The molecule has 3 N–H and O–H groups in total. The Labute approximate surface area is 103 Å². The van der Waals surface area contributed by atoms with Gasteiger partial charge in [-0.3, -0.25) is 10.2 Å². The van der Waals surface area contributed by atoms with E-state index in [1.165, 1.54) is 5.43 Å². The first-order chi connectivity index (χ1) is 8.64. The van der Waals surface area contributed by atoms with Crippen LogP contribution in [0.3, 0.4) is 0 Å². The number of nitrogens with two attached hydrogens (primary N) is 1. The highest BCUT2D eigenvalue weighted by Crippen LogP contribution is 2.27. The molecule has 19 heavy (non-hydrogen) atoms. The Hall–Kier alpha value is -2.10. The second kappa shape index (κ2) is 5.26. The lowest BCUT2D eigenvalue weighted by atomic mass is 10.3. The molecular weight excluding hydrogens is 279 g/mol. The first kappa shape index (κ1) is 15.0. The van der Waals surface area contributed by atoms with Crippen LogP contribution in [0.25, 0.3) is 0 Å². The third-order valence-electron chi connectivity index (χ3n) is 1.70. The fraction of sp³-hybridized carbons (Fsp3) is 0.222. The zero-order chi connectivity index (χ0) is 14.7. The smallest absolute Gasteiger partial charge is 0.425 e. The van der Waals surface area contributed by atoms with Crippen LogP contribution in [0.1, 0.15) is 0 Å². The quantitative estimate of drug-likeness (QED) is 0.381. The molecule has 0 heterocycles. The molecule has 106 valence electrons. The zero-order valence-corrected chi connectivity index (χ0v) is 9.00. The normalized spacial score (nSPS) is 11.9. The Morgan fingerprint density at radius 2 is 1.42 bits per heavy atom. The fourth-order valence-electron chi connectivity index (χ4n) is 0.988. The molecule has 5 nitrogen and oxygen atoms in total. The minimum absolute atomic E-state index is 0.539. The van der Waals surface area contributed by atoms with Crippen molar-refractivity contribution in [1.82, 2.24) is 5.43 Å². The number of hydrazine groups is 1. The maximum Gasteiger partial charge on any atom is 0.573 e. The maximum atomic E-state index is 12.9. The molecule has 1 aromatic carbocycles. The van der Waals surface area contributed by atoms with Crippen LogP contribution in [0.4, 0.5) is 22.0 Å². The molecule has 0 fully saturated rings. The Kier molecular flexibility index (Phi) is 4.14. The van der Waals surface area contributed by atoms with Crippen LogP contribution in [-0.2, 0) is 4.79 Å². The van der Waals surface area contributed by atoms with Crippen molar-refractivity contribution >= 4 is 5.91 Å². The number of benzene rings is 1. The molecule has 0 aliphatic carbocycles. The van der Waals surface area contributed by atoms with Crippen LogP contribution in [0.15, 0.2) is 24.3 Å². The Balaban J connectivity index is 2.75. The predicted octanol–water partition coefficient (Wildman–Crippen LogP) is 1.55. The van der Waals surface area contributed by atoms with Gasteiger partial charge in [0, 0.05) is 0 Å². The maximum absolute atomic E-state index is 12.9. The van der Waals surface area contributed by atoms with E-state index in [-0.39, 0.29) is 0 Å². The van der Waals surface area contributed by atoms with E-state index in [0.29, 0.717) is 0 Å². The number of amides is 1. The van der Waals surface area contributed by atoms with Gasteiger partial charge in [0.25, 0.3) is 0 Å². The van der Waals surface area contributed by atoms with Gasteiger partial charge in [0.2, 0.25) is 0 Å². The lowest BCUT2D eigenvalue weighted by Crippen LogP contribution is -2.47. The van der Waals surface area contributed by atoms with Gasteiger partial charge in [0.15, 0.2) is 0 Å². The number of rotatable bonds is 4. The summed E-state index contributed by atoms with van der Waals surface area (Å²) in [5, 5.41) is 0. The van der Waals surface area contributed by atoms with E-state index < -0.39 is 29.9 Å². The first-order valence-corrected chi connectivity index (χ1v) is 4.58. The van der Waals surface area contributed by atoms with Crippen molar-refractivity contribution < 1.29 is 36.2 Å². The molecule has 0 aliphatic heterocycles. The second-order valence-corrected chi connectivity index (χ2v) is 3.11. The number of carbonyl (C=O) groups excluding carboxylic acids is 1. The Bertz CT molecular complexity index is 446.